The van der Waals surface area contributed by atoms with Crippen LogP contribution in [-0.2, 0) is 10.0 Å². The quantitative estimate of drug-likeness (QED) is 0.457. The molecule has 0 bridgehead atoms. The zero-order valence-electron chi connectivity index (χ0n) is 16.6. The van der Waals surface area contributed by atoms with E-state index in [4.69, 9.17) is 9.47 Å². The zero-order valence-corrected chi connectivity index (χ0v) is 17.4. The fourth-order valence-electron chi connectivity index (χ4n) is 2.72. The van der Waals surface area contributed by atoms with Crippen LogP contribution in [0.4, 0.5) is 0 Å². The Labute approximate surface area is 169 Å². The molecule has 0 fully saturated rings. The van der Waals surface area contributed by atoms with Gasteiger partial charge in [-0.15, -0.1) is 0 Å². The minimum atomic E-state index is -3.76. The molecule has 0 spiro atoms. The molecule has 29 heavy (non-hydrogen) atoms. The first kappa shape index (κ1) is 20.4. The maximum atomic E-state index is 12.5. The minimum Gasteiger partial charge on any atom is -0.493 e. The van der Waals surface area contributed by atoms with Gasteiger partial charge in [0.25, 0.3) is 10.0 Å². The van der Waals surface area contributed by atoms with Gasteiger partial charge in [0, 0.05) is 11.1 Å². The van der Waals surface area contributed by atoms with Gasteiger partial charge in [-0.2, -0.15) is 18.6 Å². The molecule has 0 aliphatic rings. The number of hydrazone groups is 1. The lowest BCUT2D eigenvalue weighted by molar-refractivity contribution is 0.355. The molecule has 2 N–H and O–H groups in total. The molecule has 3 aromatic rings. The number of aromatic nitrogens is 2. The molecule has 3 rings (SSSR count). The summed E-state index contributed by atoms with van der Waals surface area (Å²) >= 11 is 0. The zero-order chi connectivity index (χ0) is 21.0. The van der Waals surface area contributed by atoms with Crippen molar-refractivity contribution in [2.45, 2.75) is 18.7 Å². The normalized spacial score (nSPS) is 11.6. The highest BCUT2D eigenvalue weighted by Crippen LogP contribution is 2.32. The van der Waals surface area contributed by atoms with Crippen molar-refractivity contribution in [3.63, 3.8) is 0 Å². The van der Waals surface area contributed by atoms with Crippen molar-refractivity contribution in [3.8, 4) is 22.8 Å². The predicted molar refractivity (Wildman–Crippen MR) is 111 cm³/mol. The molecular weight excluding hydrogens is 392 g/mol. The van der Waals surface area contributed by atoms with Crippen LogP contribution in [0, 0.1) is 13.8 Å². The van der Waals surface area contributed by atoms with Gasteiger partial charge in [-0.05, 0) is 55.3 Å². The topological polar surface area (TPSA) is 106 Å². The number of aromatic amines is 1. The average molecular weight is 414 g/mol. The van der Waals surface area contributed by atoms with E-state index < -0.39 is 10.0 Å². The third-order valence-electron chi connectivity index (χ3n) is 4.51. The Bertz CT molecular complexity index is 1150. The van der Waals surface area contributed by atoms with E-state index >= 15 is 0 Å². The second-order valence-corrected chi connectivity index (χ2v) is 8.03. The molecule has 0 unspecified atom stereocenters. The van der Waals surface area contributed by atoms with E-state index in [-0.39, 0.29) is 4.90 Å². The van der Waals surface area contributed by atoms with Crippen LogP contribution in [0.25, 0.3) is 11.3 Å². The second kappa shape index (κ2) is 8.36. The van der Waals surface area contributed by atoms with Gasteiger partial charge in [-0.25, -0.2) is 4.83 Å². The van der Waals surface area contributed by atoms with Crippen LogP contribution < -0.4 is 14.3 Å². The van der Waals surface area contributed by atoms with Crippen molar-refractivity contribution in [3.05, 3.63) is 59.3 Å². The van der Waals surface area contributed by atoms with E-state index in [1.165, 1.54) is 6.21 Å². The number of methoxy groups -OCH3 is 2. The second-order valence-electron chi connectivity index (χ2n) is 6.37. The van der Waals surface area contributed by atoms with Gasteiger partial charge in [-0.3, -0.25) is 5.10 Å². The van der Waals surface area contributed by atoms with Crippen molar-refractivity contribution >= 4 is 16.2 Å². The molecule has 1 heterocycles. The van der Waals surface area contributed by atoms with E-state index in [0.717, 1.165) is 16.7 Å². The lowest BCUT2D eigenvalue weighted by Gasteiger charge is -2.09. The van der Waals surface area contributed by atoms with Crippen molar-refractivity contribution in [1.29, 1.82) is 0 Å². The molecule has 0 saturated carbocycles. The van der Waals surface area contributed by atoms with E-state index in [1.807, 2.05) is 19.9 Å². The molecule has 0 amide bonds. The highest BCUT2D eigenvalue weighted by Gasteiger charge is 2.14. The van der Waals surface area contributed by atoms with Crippen molar-refractivity contribution in [2.75, 3.05) is 14.2 Å². The molecule has 0 aliphatic carbocycles. The van der Waals surface area contributed by atoms with Gasteiger partial charge in [0.15, 0.2) is 11.5 Å². The van der Waals surface area contributed by atoms with E-state index in [1.54, 1.807) is 50.7 Å². The summed E-state index contributed by atoms with van der Waals surface area (Å²) in [6.07, 6.45) is 2.95. The van der Waals surface area contributed by atoms with E-state index in [2.05, 4.69) is 20.1 Å². The number of hydrogen-bond donors (Lipinski definition) is 2. The number of rotatable bonds is 7. The van der Waals surface area contributed by atoms with Crippen LogP contribution in [0.15, 0.2) is 52.6 Å². The van der Waals surface area contributed by atoms with Gasteiger partial charge >= 0.3 is 0 Å². The Kier molecular flexibility index (Phi) is 5.88. The molecule has 0 radical (unpaired) electrons. The fourth-order valence-corrected chi connectivity index (χ4v) is 3.59. The Morgan fingerprint density at radius 3 is 2.48 bits per heavy atom. The third-order valence-corrected chi connectivity index (χ3v) is 5.73. The summed E-state index contributed by atoms with van der Waals surface area (Å²) in [5.74, 6) is 1.17. The largest absolute Gasteiger partial charge is 0.493 e. The van der Waals surface area contributed by atoms with Gasteiger partial charge in [0.1, 0.15) is 0 Å². The fraction of sp³-hybridized carbons (Fsp3) is 0.200. The molecule has 8 nitrogen and oxygen atoms in total. The van der Waals surface area contributed by atoms with Crippen LogP contribution in [-0.4, -0.2) is 39.0 Å². The van der Waals surface area contributed by atoms with Crippen molar-refractivity contribution in [1.82, 2.24) is 15.0 Å². The number of hydrogen-bond acceptors (Lipinski definition) is 6. The van der Waals surface area contributed by atoms with Crippen LogP contribution >= 0.6 is 0 Å². The number of nitrogens with one attached hydrogen (secondary N) is 2. The maximum Gasteiger partial charge on any atom is 0.276 e. The summed E-state index contributed by atoms with van der Waals surface area (Å²) in [5.41, 5.74) is 3.98. The third kappa shape index (κ3) is 4.40. The summed E-state index contributed by atoms with van der Waals surface area (Å²) in [6, 6.07) is 10.3. The lowest BCUT2D eigenvalue weighted by atomic mass is 10.1. The van der Waals surface area contributed by atoms with Crippen LogP contribution in [0.1, 0.15) is 16.7 Å². The Morgan fingerprint density at radius 1 is 1.03 bits per heavy atom. The van der Waals surface area contributed by atoms with Crippen LogP contribution in [0.5, 0.6) is 11.5 Å². The number of H-pyrrole nitrogens is 1. The standard InChI is InChI=1S/C20H22N4O4S/c1-13-5-7-17(9-14(13)2)29(25,26)24-22-12-16-11-21-23-20(16)15-6-8-18(27-3)19(10-15)28-4/h5-12,24H,1-4H3,(H,21,23)/b22-12-. The first-order valence-corrected chi connectivity index (χ1v) is 10.2. The number of sulfonamides is 1. The summed E-state index contributed by atoms with van der Waals surface area (Å²) in [5, 5.41) is 10.8. The molecule has 0 aliphatic heterocycles. The molecule has 9 heteroatoms. The first-order chi connectivity index (χ1) is 13.9. The van der Waals surface area contributed by atoms with Crippen LogP contribution in [0.2, 0.25) is 0 Å². The SMILES string of the molecule is COc1ccc(-c2[nH]ncc2/C=N\NS(=O)(=O)c2ccc(C)c(C)c2)cc1OC. The highest BCUT2D eigenvalue weighted by molar-refractivity contribution is 7.89. The number of nitrogens with zero attached hydrogens (tertiary/aromatic N) is 2. The average Bonchev–Trinajstić information content (AvgIpc) is 3.17. The minimum absolute atomic E-state index is 0.157. The molecule has 0 saturated heterocycles. The first-order valence-electron chi connectivity index (χ1n) is 8.73. The molecule has 152 valence electrons. The summed E-state index contributed by atoms with van der Waals surface area (Å²) in [6.45, 7) is 3.78. The summed E-state index contributed by atoms with van der Waals surface area (Å²) in [4.78, 5) is 2.39. The summed E-state index contributed by atoms with van der Waals surface area (Å²) in [7, 11) is -0.648. The van der Waals surface area contributed by atoms with Crippen molar-refractivity contribution < 1.29 is 17.9 Å². The molecule has 0 atom stereocenters. The molecular formula is C20H22N4O4S. The number of benzene rings is 2. The highest BCUT2D eigenvalue weighted by atomic mass is 32.2. The van der Waals surface area contributed by atoms with Gasteiger partial charge in [0.05, 0.1) is 37.2 Å². The predicted octanol–water partition coefficient (Wildman–Crippen LogP) is 3.02. The van der Waals surface area contributed by atoms with Gasteiger partial charge < -0.3 is 9.47 Å². The Hall–Kier alpha value is -3.33. The number of ether oxygens (including phenoxy) is 2. The van der Waals surface area contributed by atoms with E-state index in [9.17, 15) is 8.42 Å². The molecule has 2 aromatic carbocycles. The Balaban J connectivity index is 1.83. The monoisotopic (exact) mass is 414 g/mol. The summed E-state index contributed by atoms with van der Waals surface area (Å²) < 4.78 is 35.5. The van der Waals surface area contributed by atoms with Gasteiger partial charge in [-0.1, -0.05) is 6.07 Å². The Morgan fingerprint density at radius 2 is 1.79 bits per heavy atom. The van der Waals surface area contributed by atoms with Crippen molar-refractivity contribution in [2.24, 2.45) is 5.10 Å². The molecule has 1 aromatic heterocycles. The van der Waals surface area contributed by atoms with Gasteiger partial charge in [0.2, 0.25) is 0 Å². The number of aryl methyl sites for hydroxylation is 2. The lowest BCUT2D eigenvalue weighted by Crippen LogP contribution is -2.18. The van der Waals surface area contributed by atoms with E-state index in [0.29, 0.717) is 22.8 Å². The smallest absolute Gasteiger partial charge is 0.276 e. The maximum absolute atomic E-state index is 12.5. The van der Waals surface area contributed by atoms with Crippen LogP contribution in [0.3, 0.4) is 0 Å².